The van der Waals surface area contributed by atoms with Crippen molar-refractivity contribution in [1.82, 2.24) is 9.47 Å². The minimum Gasteiger partial charge on any atom is -0.408 e. The van der Waals surface area contributed by atoms with E-state index in [1.54, 1.807) is 30.2 Å². The van der Waals surface area contributed by atoms with Crippen molar-refractivity contribution in [2.24, 2.45) is 0 Å². The number of ether oxygens (including phenoxy) is 2. The van der Waals surface area contributed by atoms with Crippen molar-refractivity contribution in [2.75, 3.05) is 20.2 Å². The van der Waals surface area contributed by atoms with Gasteiger partial charge in [0, 0.05) is 20.2 Å². The Bertz CT molecular complexity index is 1150. The third kappa shape index (κ3) is 4.58. The first-order valence-corrected chi connectivity index (χ1v) is 9.53. The van der Waals surface area contributed by atoms with E-state index in [4.69, 9.17) is 9.15 Å². The number of hydrogen-bond acceptors (Lipinski definition) is 5. The fourth-order valence-corrected chi connectivity index (χ4v) is 3.62. The van der Waals surface area contributed by atoms with Crippen molar-refractivity contribution >= 4 is 17.0 Å². The molecule has 1 amide bonds. The molecule has 164 valence electrons. The Labute approximate surface area is 174 Å². The molecule has 2 aromatic carbocycles. The summed E-state index contributed by atoms with van der Waals surface area (Å²) in [5.74, 6) is -1.21. The summed E-state index contributed by atoms with van der Waals surface area (Å²) >= 11 is 0. The minimum atomic E-state index is -4.77. The van der Waals surface area contributed by atoms with Crippen molar-refractivity contribution in [3.63, 3.8) is 0 Å². The normalized spacial score (nSPS) is 16.8. The fourth-order valence-electron chi connectivity index (χ4n) is 3.62. The number of likely N-dealkylation sites (tertiary alicyclic amines) is 1. The molecular weight excluding hydrogens is 417 g/mol. The lowest BCUT2D eigenvalue weighted by Crippen LogP contribution is -2.34. The highest BCUT2D eigenvalue weighted by Crippen LogP contribution is 2.28. The maximum absolute atomic E-state index is 12.6. The van der Waals surface area contributed by atoms with Gasteiger partial charge in [-0.15, -0.1) is 13.2 Å². The van der Waals surface area contributed by atoms with Gasteiger partial charge in [0.1, 0.15) is 12.3 Å². The number of carbonyl (C=O) groups excluding carboxylic acids is 1. The first-order chi connectivity index (χ1) is 14.7. The van der Waals surface area contributed by atoms with E-state index in [-0.39, 0.29) is 24.3 Å². The number of methoxy groups -OCH3 is 1. The molecule has 0 N–H and O–H groups in total. The Hall–Kier alpha value is -3.27. The van der Waals surface area contributed by atoms with Crippen LogP contribution in [0.3, 0.4) is 0 Å². The lowest BCUT2D eigenvalue weighted by atomic mass is 10.1. The van der Waals surface area contributed by atoms with Crippen molar-refractivity contribution in [2.45, 2.75) is 25.4 Å². The molecular formula is C21H19F3N2O5. The number of carbonyl (C=O) groups is 1. The van der Waals surface area contributed by atoms with Gasteiger partial charge in [0.25, 0.3) is 0 Å². The van der Waals surface area contributed by atoms with Crippen LogP contribution < -0.4 is 10.5 Å². The predicted molar refractivity (Wildman–Crippen MR) is 105 cm³/mol. The molecule has 1 aliphatic rings. The molecule has 10 heteroatoms. The van der Waals surface area contributed by atoms with E-state index in [1.165, 1.54) is 28.8 Å². The number of nitrogens with zero attached hydrogens (tertiary/aromatic N) is 2. The van der Waals surface area contributed by atoms with Gasteiger partial charge in [0.05, 0.1) is 11.6 Å². The van der Waals surface area contributed by atoms with Gasteiger partial charge >= 0.3 is 12.1 Å². The zero-order chi connectivity index (χ0) is 22.2. The molecule has 0 saturated carbocycles. The van der Waals surface area contributed by atoms with Crippen LogP contribution in [-0.4, -0.2) is 48.0 Å². The highest BCUT2D eigenvalue weighted by Gasteiger charge is 2.31. The van der Waals surface area contributed by atoms with Crippen LogP contribution >= 0.6 is 0 Å². The molecule has 31 heavy (non-hydrogen) atoms. The van der Waals surface area contributed by atoms with Gasteiger partial charge in [0.2, 0.25) is 5.91 Å². The highest BCUT2D eigenvalue weighted by molar-refractivity contribution is 5.83. The molecule has 0 aliphatic carbocycles. The maximum Gasteiger partial charge on any atom is 0.573 e. The number of rotatable bonds is 5. The molecule has 1 aliphatic heterocycles. The summed E-state index contributed by atoms with van der Waals surface area (Å²) in [4.78, 5) is 26.6. The molecule has 4 rings (SSSR count). The van der Waals surface area contributed by atoms with E-state index in [9.17, 15) is 22.8 Å². The lowest BCUT2D eigenvalue weighted by molar-refractivity contribution is -0.274. The third-order valence-corrected chi connectivity index (χ3v) is 5.21. The topological polar surface area (TPSA) is 73.9 Å². The van der Waals surface area contributed by atoms with Gasteiger partial charge in [-0.2, -0.15) is 0 Å². The Kier molecular flexibility index (Phi) is 5.48. The summed E-state index contributed by atoms with van der Waals surface area (Å²) in [5, 5.41) is 0. The molecule has 1 saturated heterocycles. The largest absolute Gasteiger partial charge is 0.573 e. The van der Waals surface area contributed by atoms with E-state index in [2.05, 4.69) is 4.74 Å². The summed E-state index contributed by atoms with van der Waals surface area (Å²) in [6.45, 7) is 0.848. The second-order valence-corrected chi connectivity index (χ2v) is 7.19. The number of aromatic nitrogens is 1. The smallest absolute Gasteiger partial charge is 0.408 e. The first-order valence-electron chi connectivity index (χ1n) is 9.53. The van der Waals surface area contributed by atoms with Gasteiger partial charge in [0.15, 0.2) is 5.58 Å². The lowest BCUT2D eigenvalue weighted by Gasteiger charge is -2.16. The summed E-state index contributed by atoms with van der Waals surface area (Å²) in [5.41, 5.74) is 2.00. The van der Waals surface area contributed by atoms with E-state index < -0.39 is 12.1 Å². The number of fused-ring (bicyclic) bond motifs is 1. The van der Waals surface area contributed by atoms with Crippen LogP contribution in [0.15, 0.2) is 51.7 Å². The molecule has 7 nitrogen and oxygen atoms in total. The average molecular weight is 436 g/mol. The average Bonchev–Trinajstić information content (AvgIpc) is 3.32. The molecule has 1 atom stereocenters. The highest BCUT2D eigenvalue weighted by atomic mass is 19.4. The van der Waals surface area contributed by atoms with Gasteiger partial charge in [-0.3, -0.25) is 9.36 Å². The van der Waals surface area contributed by atoms with Crippen molar-refractivity contribution in [1.29, 1.82) is 0 Å². The van der Waals surface area contributed by atoms with Gasteiger partial charge in [-0.25, -0.2) is 4.79 Å². The van der Waals surface area contributed by atoms with Crippen molar-refractivity contribution in [3.05, 3.63) is 53.0 Å². The second-order valence-electron chi connectivity index (χ2n) is 7.19. The molecule has 0 bridgehead atoms. The van der Waals surface area contributed by atoms with Crippen LogP contribution in [0.2, 0.25) is 0 Å². The number of hydrogen-bond donors (Lipinski definition) is 0. The standard InChI is InChI=1S/C21H19F3N2O5/c1-29-16-8-9-25(11-16)19(27)12-26-17-10-14(4-7-18(17)30-20(26)28)13-2-5-15(6-3-13)31-21(22,23)24/h2-7,10,16H,8-9,11-12H2,1H3/t16-/m1/s1. The Morgan fingerprint density at radius 2 is 1.87 bits per heavy atom. The number of oxazole rings is 1. The van der Waals surface area contributed by atoms with E-state index in [1.807, 2.05) is 0 Å². The maximum atomic E-state index is 12.6. The number of amides is 1. The SMILES string of the molecule is CO[C@@H]1CCN(C(=O)Cn2c(=O)oc3ccc(-c4ccc(OC(F)(F)F)cc4)cc32)C1. The van der Waals surface area contributed by atoms with Crippen molar-refractivity contribution in [3.8, 4) is 16.9 Å². The van der Waals surface area contributed by atoms with Crippen LogP contribution in [0.5, 0.6) is 5.75 Å². The van der Waals surface area contributed by atoms with Crippen LogP contribution in [0, 0.1) is 0 Å². The van der Waals surface area contributed by atoms with E-state index >= 15 is 0 Å². The molecule has 1 aromatic heterocycles. The quantitative estimate of drug-likeness (QED) is 0.613. The van der Waals surface area contributed by atoms with Crippen molar-refractivity contribution < 1.29 is 31.9 Å². The molecule has 3 aromatic rings. The second kappa shape index (κ2) is 8.10. The number of benzene rings is 2. The summed E-state index contributed by atoms with van der Waals surface area (Å²) in [7, 11) is 1.59. The van der Waals surface area contributed by atoms with E-state index in [0.717, 1.165) is 6.42 Å². The van der Waals surface area contributed by atoms with E-state index in [0.29, 0.717) is 35.3 Å². The monoisotopic (exact) mass is 436 g/mol. The molecule has 0 radical (unpaired) electrons. The molecule has 2 heterocycles. The number of halogens is 3. The first kappa shape index (κ1) is 21.0. The van der Waals surface area contributed by atoms with Crippen LogP contribution in [0.1, 0.15) is 6.42 Å². The Balaban J connectivity index is 1.59. The third-order valence-electron chi connectivity index (χ3n) is 5.21. The minimum absolute atomic E-state index is 0.0161. The number of alkyl halides is 3. The Morgan fingerprint density at radius 1 is 1.16 bits per heavy atom. The van der Waals surface area contributed by atoms with Gasteiger partial charge in [-0.1, -0.05) is 18.2 Å². The fraction of sp³-hybridized carbons (Fsp3) is 0.333. The molecule has 0 unspecified atom stereocenters. The van der Waals surface area contributed by atoms with Gasteiger partial charge in [-0.05, 0) is 41.8 Å². The summed E-state index contributed by atoms with van der Waals surface area (Å²) in [6.07, 6.45) is -4.04. The van der Waals surface area contributed by atoms with Crippen LogP contribution in [0.25, 0.3) is 22.2 Å². The summed E-state index contributed by atoms with van der Waals surface area (Å²) < 4.78 is 52.7. The summed E-state index contributed by atoms with van der Waals surface area (Å²) in [6, 6.07) is 10.3. The van der Waals surface area contributed by atoms with Gasteiger partial charge < -0.3 is 18.8 Å². The Morgan fingerprint density at radius 3 is 2.52 bits per heavy atom. The predicted octanol–water partition coefficient (Wildman–Crippen LogP) is 3.41. The van der Waals surface area contributed by atoms with Crippen LogP contribution in [-0.2, 0) is 16.1 Å². The zero-order valence-corrected chi connectivity index (χ0v) is 16.5. The molecule has 1 fully saturated rings. The zero-order valence-electron chi connectivity index (χ0n) is 16.5. The molecule has 0 spiro atoms. The van der Waals surface area contributed by atoms with Crippen LogP contribution in [0.4, 0.5) is 13.2 Å².